The lowest BCUT2D eigenvalue weighted by molar-refractivity contribution is 0.393. The first-order valence-corrected chi connectivity index (χ1v) is 20.5. The summed E-state index contributed by atoms with van der Waals surface area (Å²) in [5.41, 5.74) is 14.7. The Morgan fingerprint density at radius 3 is 2.37 bits per heavy atom. The van der Waals surface area contributed by atoms with E-state index in [1.807, 2.05) is 0 Å². The SMILES string of the molecule is C=c1/c(=C\C=C\N(C2=CC=C(C3=CC=C4C5=CC=CCC5c5ccccc5C4C3)CC2)C2C=c3oc4ccccc4c3=CC2)n2c3ccccc3c3cccc1c32. The molecule has 0 aliphatic heterocycles. The normalized spacial score (nSPS) is 21.6. The van der Waals surface area contributed by atoms with E-state index in [9.17, 15) is 0 Å². The summed E-state index contributed by atoms with van der Waals surface area (Å²) in [4.78, 5) is 2.49. The molecule has 0 saturated heterocycles. The highest BCUT2D eigenvalue weighted by molar-refractivity contribution is 6.14. The summed E-state index contributed by atoms with van der Waals surface area (Å²) in [5, 5.41) is 8.37. The van der Waals surface area contributed by atoms with Crippen molar-refractivity contribution in [2.24, 2.45) is 0 Å². The van der Waals surface area contributed by atoms with Gasteiger partial charge in [0.25, 0.3) is 0 Å². The van der Waals surface area contributed by atoms with Crippen molar-refractivity contribution in [1.29, 1.82) is 0 Å². The van der Waals surface area contributed by atoms with Crippen LogP contribution in [-0.4, -0.2) is 15.3 Å². The molecule has 0 radical (unpaired) electrons. The van der Waals surface area contributed by atoms with Gasteiger partial charge in [-0.1, -0.05) is 128 Å². The van der Waals surface area contributed by atoms with Gasteiger partial charge >= 0.3 is 0 Å². The number of rotatable bonds is 5. The molecular weight excluding hydrogens is 693 g/mol. The summed E-state index contributed by atoms with van der Waals surface area (Å²) in [6, 6.07) is 33.0. The van der Waals surface area contributed by atoms with E-state index in [2.05, 4.69) is 180 Å². The van der Waals surface area contributed by atoms with E-state index in [1.54, 1.807) is 0 Å². The topological polar surface area (TPSA) is 20.8 Å². The van der Waals surface area contributed by atoms with E-state index in [1.165, 1.54) is 76.9 Å². The molecule has 57 heavy (non-hydrogen) atoms. The summed E-state index contributed by atoms with van der Waals surface area (Å²) >= 11 is 0. The molecule has 5 aliphatic rings. The van der Waals surface area contributed by atoms with Gasteiger partial charge in [0.1, 0.15) is 11.0 Å². The minimum absolute atomic E-state index is 0.126. The Hall–Kier alpha value is -6.58. The molecule has 7 aromatic rings. The van der Waals surface area contributed by atoms with Gasteiger partial charge in [-0.15, -0.1) is 0 Å². The number of hydrogen-bond donors (Lipinski definition) is 0. The number of para-hydroxylation sites is 3. The second-order valence-electron chi connectivity index (χ2n) is 16.3. The van der Waals surface area contributed by atoms with Crippen molar-refractivity contribution in [2.45, 2.75) is 50.0 Å². The summed E-state index contributed by atoms with van der Waals surface area (Å²) in [7, 11) is 0. The third kappa shape index (κ3) is 4.98. The molecule has 0 fully saturated rings. The van der Waals surface area contributed by atoms with Crippen LogP contribution < -0.4 is 21.2 Å². The van der Waals surface area contributed by atoms with Crippen molar-refractivity contribution in [3.05, 3.63) is 206 Å². The van der Waals surface area contributed by atoms with Gasteiger partial charge in [-0.25, -0.2) is 0 Å². The fourth-order valence-electron chi connectivity index (χ4n) is 10.7. The number of fused-ring (bicyclic) bond motifs is 12. The molecule has 0 amide bonds. The Balaban J connectivity index is 0.938. The van der Waals surface area contributed by atoms with Crippen LogP contribution in [0.5, 0.6) is 0 Å². The highest BCUT2D eigenvalue weighted by Crippen LogP contribution is 2.53. The predicted molar refractivity (Wildman–Crippen MR) is 237 cm³/mol. The van der Waals surface area contributed by atoms with E-state index < -0.39 is 0 Å². The molecular formula is C54H42N2O. The van der Waals surface area contributed by atoms with Crippen LogP contribution in [0.4, 0.5) is 0 Å². The number of benzene rings is 4. The maximum Gasteiger partial charge on any atom is 0.135 e. The van der Waals surface area contributed by atoms with E-state index in [4.69, 9.17) is 4.42 Å². The molecule has 0 N–H and O–H groups in total. The van der Waals surface area contributed by atoms with Crippen LogP contribution in [-0.2, 0) is 0 Å². The first-order chi connectivity index (χ1) is 28.2. The van der Waals surface area contributed by atoms with Crippen LogP contribution in [0.2, 0.25) is 0 Å². The molecule has 0 bridgehead atoms. The molecule has 3 nitrogen and oxygen atoms in total. The van der Waals surface area contributed by atoms with Gasteiger partial charge in [0.15, 0.2) is 0 Å². The lowest BCUT2D eigenvalue weighted by atomic mass is 9.65. The van der Waals surface area contributed by atoms with E-state index >= 15 is 0 Å². The van der Waals surface area contributed by atoms with Crippen molar-refractivity contribution in [3.8, 4) is 0 Å². The Morgan fingerprint density at radius 1 is 0.702 bits per heavy atom. The van der Waals surface area contributed by atoms with Crippen molar-refractivity contribution in [2.75, 3.05) is 0 Å². The van der Waals surface area contributed by atoms with Crippen LogP contribution >= 0.6 is 0 Å². The first kappa shape index (κ1) is 32.6. The third-order valence-corrected chi connectivity index (χ3v) is 13.4. The molecule has 3 atom stereocenters. The Morgan fingerprint density at radius 2 is 1.47 bits per heavy atom. The summed E-state index contributed by atoms with van der Waals surface area (Å²) in [5.74, 6) is 0.891. The Labute approximate surface area is 331 Å². The average molecular weight is 735 g/mol. The zero-order valence-corrected chi connectivity index (χ0v) is 31.9. The van der Waals surface area contributed by atoms with E-state index in [0.29, 0.717) is 11.8 Å². The fraction of sp³-hybridized carbons (Fsp3) is 0.148. The highest BCUT2D eigenvalue weighted by Gasteiger charge is 2.36. The fourth-order valence-corrected chi connectivity index (χ4v) is 10.7. The Bertz CT molecular complexity index is 3310. The van der Waals surface area contributed by atoms with Gasteiger partial charge < -0.3 is 13.7 Å². The van der Waals surface area contributed by atoms with E-state index in [-0.39, 0.29) is 6.04 Å². The van der Waals surface area contributed by atoms with Gasteiger partial charge in [0.2, 0.25) is 0 Å². The number of hydrogen-bond acceptors (Lipinski definition) is 2. The smallest absolute Gasteiger partial charge is 0.135 e. The summed E-state index contributed by atoms with van der Waals surface area (Å²) < 4.78 is 8.84. The van der Waals surface area contributed by atoms with Gasteiger partial charge in [-0.3, -0.25) is 0 Å². The third-order valence-electron chi connectivity index (χ3n) is 13.4. The number of aromatic nitrogens is 1. The molecule has 274 valence electrons. The maximum absolute atomic E-state index is 6.44. The zero-order valence-electron chi connectivity index (χ0n) is 31.9. The molecule has 5 aliphatic carbocycles. The maximum atomic E-state index is 6.44. The van der Waals surface area contributed by atoms with Gasteiger partial charge in [-0.05, 0) is 102 Å². The Kier molecular flexibility index (Phi) is 7.29. The molecule has 3 aromatic heterocycles. The van der Waals surface area contributed by atoms with Gasteiger partial charge in [-0.2, -0.15) is 0 Å². The summed E-state index contributed by atoms with van der Waals surface area (Å²) in [6.45, 7) is 4.59. The number of furan rings is 1. The van der Waals surface area contributed by atoms with Crippen molar-refractivity contribution in [3.63, 3.8) is 0 Å². The lowest BCUT2D eigenvalue weighted by Crippen LogP contribution is -2.36. The molecule has 12 rings (SSSR count). The quantitative estimate of drug-likeness (QED) is 0.176. The molecule has 3 unspecified atom stereocenters. The average Bonchev–Trinajstić information content (AvgIpc) is 3.91. The van der Waals surface area contributed by atoms with Crippen molar-refractivity contribution < 1.29 is 4.42 Å². The van der Waals surface area contributed by atoms with Crippen LogP contribution in [0.3, 0.4) is 0 Å². The second-order valence-corrected chi connectivity index (χ2v) is 16.3. The molecule has 0 saturated carbocycles. The largest absolute Gasteiger partial charge is 0.456 e. The molecule has 4 aromatic carbocycles. The van der Waals surface area contributed by atoms with Crippen LogP contribution in [0, 0.1) is 0 Å². The van der Waals surface area contributed by atoms with Crippen LogP contribution in [0.1, 0.15) is 55.1 Å². The number of nitrogens with zero attached hydrogens (tertiary/aromatic N) is 2. The predicted octanol–water partition coefficient (Wildman–Crippen LogP) is 10.1. The highest BCUT2D eigenvalue weighted by atomic mass is 16.3. The molecule has 0 spiro atoms. The second kappa shape index (κ2) is 12.7. The molecule has 3 heterocycles. The standard InChI is InChI=1S/C54H42N2O/c1-34-39-18-10-19-48-45-16-6-8-20-51(45)56(54(39)48)50(34)21-11-31-55(38-28-30-47-46-17-7-9-22-52(46)57-53(47)33-38)37-26-23-35(24-27-37)36-25-29-44-42-14-3-2-12-40(42)41-13-4-5-15-43(41)49(44)32-36/h2-11,13-23,25-26,29-31,33,38,40,49H,1,12,24,27-28,32H2/b31-11+,50-21+. The summed E-state index contributed by atoms with van der Waals surface area (Å²) in [6.07, 6.45) is 33.1. The number of allylic oxidation sites excluding steroid dienone is 13. The monoisotopic (exact) mass is 734 g/mol. The van der Waals surface area contributed by atoms with E-state index in [0.717, 1.165) is 53.7 Å². The minimum Gasteiger partial charge on any atom is -0.456 e. The van der Waals surface area contributed by atoms with Crippen molar-refractivity contribution in [1.82, 2.24) is 9.30 Å². The first-order valence-electron chi connectivity index (χ1n) is 20.5. The molecule has 3 heteroatoms. The zero-order chi connectivity index (χ0) is 37.6. The van der Waals surface area contributed by atoms with Crippen LogP contribution in [0.25, 0.3) is 63.0 Å². The minimum atomic E-state index is 0.126. The van der Waals surface area contributed by atoms with Gasteiger partial charge in [0, 0.05) is 55.7 Å². The van der Waals surface area contributed by atoms with Crippen molar-refractivity contribution >= 4 is 63.0 Å². The van der Waals surface area contributed by atoms with Crippen LogP contribution in [0.15, 0.2) is 178 Å². The van der Waals surface area contributed by atoms with Gasteiger partial charge in [0.05, 0.1) is 22.4 Å². The lowest BCUT2D eigenvalue weighted by Gasteiger charge is -2.39.